The minimum absolute atomic E-state index is 0.270. The molecule has 0 saturated heterocycles. The third-order valence-corrected chi connectivity index (χ3v) is 4.57. The lowest BCUT2D eigenvalue weighted by atomic mass is 10.1. The molecule has 0 spiro atoms. The molecular weight excluding hydrogens is 354 g/mol. The Kier molecular flexibility index (Phi) is 3.93. The van der Waals surface area contributed by atoms with Gasteiger partial charge in [0.2, 0.25) is 0 Å². The highest BCUT2D eigenvalue weighted by Gasteiger charge is 2.18. The zero-order valence-electron chi connectivity index (χ0n) is 14.0. The van der Waals surface area contributed by atoms with Crippen molar-refractivity contribution in [3.8, 4) is 5.69 Å². The van der Waals surface area contributed by atoms with Crippen molar-refractivity contribution in [2.45, 2.75) is 13.8 Å². The van der Waals surface area contributed by atoms with Gasteiger partial charge in [-0.3, -0.25) is 4.79 Å². The Balaban J connectivity index is 1.60. The molecule has 4 rings (SSSR count). The van der Waals surface area contributed by atoms with Gasteiger partial charge in [0.25, 0.3) is 5.91 Å². The lowest BCUT2D eigenvalue weighted by Crippen LogP contribution is -2.12. The maximum Gasteiger partial charge on any atom is 0.291 e. The number of furan rings is 1. The van der Waals surface area contributed by atoms with Crippen molar-refractivity contribution in [3.63, 3.8) is 0 Å². The largest absolute Gasteiger partial charge is 0.451 e. The van der Waals surface area contributed by atoms with Crippen LogP contribution >= 0.6 is 11.6 Å². The number of aromatic nitrogens is 4. The predicted octanol–water partition coefficient (Wildman–Crippen LogP) is 3.93. The molecule has 26 heavy (non-hydrogen) atoms. The van der Waals surface area contributed by atoms with E-state index in [1.165, 1.54) is 11.0 Å². The second-order valence-corrected chi connectivity index (χ2v) is 6.32. The maximum atomic E-state index is 12.6. The molecule has 0 aliphatic rings. The molecule has 0 saturated carbocycles. The van der Waals surface area contributed by atoms with E-state index < -0.39 is 0 Å². The summed E-state index contributed by atoms with van der Waals surface area (Å²) in [6.45, 7) is 3.73. The van der Waals surface area contributed by atoms with Gasteiger partial charge >= 0.3 is 0 Å². The highest BCUT2D eigenvalue weighted by Crippen LogP contribution is 2.30. The number of nitrogens with one attached hydrogen (secondary N) is 1. The van der Waals surface area contributed by atoms with Crippen LogP contribution < -0.4 is 5.32 Å². The average molecular weight is 368 g/mol. The molecule has 0 atom stereocenters. The number of fused-ring (bicyclic) bond motifs is 1. The molecule has 0 radical (unpaired) electrons. The summed E-state index contributed by atoms with van der Waals surface area (Å²) in [7, 11) is 0. The number of aryl methyl sites for hydroxylation is 2. The number of hydrogen-bond acceptors (Lipinski definition) is 5. The van der Waals surface area contributed by atoms with Crippen molar-refractivity contribution < 1.29 is 9.21 Å². The summed E-state index contributed by atoms with van der Waals surface area (Å²) in [4.78, 5) is 12.6. The van der Waals surface area contributed by atoms with Crippen LogP contribution in [0, 0.1) is 13.8 Å². The van der Waals surface area contributed by atoms with Gasteiger partial charge in [0, 0.05) is 21.7 Å². The highest BCUT2D eigenvalue weighted by molar-refractivity contribution is 6.32. The van der Waals surface area contributed by atoms with Crippen molar-refractivity contribution in [1.82, 2.24) is 20.2 Å². The van der Waals surface area contributed by atoms with Gasteiger partial charge in [-0.15, -0.1) is 5.10 Å². The molecule has 8 heteroatoms. The van der Waals surface area contributed by atoms with Crippen molar-refractivity contribution in [2.75, 3.05) is 5.32 Å². The average Bonchev–Trinajstić information content (AvgIpc) is 3.26. The van der Waals surface area contributed by atoms with Crippen LogP contribution in [0.2, 0.25) is 5.02 Å². The number of carbonyl (C=O) groups is 1. The van der Waals surface area contributed by atoms with Crippen molar-refractivity contribution in [2.24, 2.45) is 0 Å². The first-order chi connectivity index (χ1) is 12.5. The molecule has 0 bridgehead atoms. The van der Waals surface area contributed by atoms with Crippen LogP contribution in [-0.4, -0.2) is 26.1 Å². The molecule has 130 valence electrons. The van der Waals surface area contributed by atoms with Gasteiger partial charge in [-0.25, -0.2) is 4.68 Å². The molecule has 0 aliphatic carbocycles. The van der Waals surface area contributed by atoms with Gasteiger partial charge in [-0.2, -0.15) is 0 Å². The van der Waals surface area contributed by atoms with Gasteiger partial charge in [-0.05, 0) is 66.2 Å². The topological polar surface area (TPSA) is 85.8 Å². The number of nitrogens with zero attached hydrogens (tertiary/aromatic N) is 4. The first kappa shape index (κ1) is 16.3. The number of hydrogen-bond donors (Lipinski definition) is 1. The van der Waals surface area contributed by atoms with Crippen LogP contribution in [0.25, 0.3) is 16.7 Å². The second kappa shape index (κ2) is 6.27. The van der Waals surface area contributed by atoms with Crippen LogP contribution in [0.4, 0.5) is 5.69 Å². The van der Waals surface area contributed by atoms with E-state index in [4.69, 9.17) is 16.0 Å². The monoisotopic (exact) mass is 367 g/mol. The SMILES string of the molecule is Cc1cc2oc(C(=O)Nc3ccc(-n4cnnn4)cc3)c(C)c2cc1Cl. The molecule has 0 unspecified atom stereocenters. The zero-order valence-corrected chi connectivity index (χ0v) is 14.8. The molecule has 0 aliphatic heterocycles. The molecule has 1 amide bonds. The third-order valence-electron chi connectivity index (χ3n) is 4.16. The lowest BCUT2D eigenvalue weighted by molar-refractivity contribution is 0.0998. The maximum absolute atomic E-state index is 12.6. The molecule has 0 fully saturated rings. The summed E-state index contributed by atoms with van der Waals surface area (Å²) in [6.07, 6.45) is 1.50. The van der Waals surface area contributed by atoms with E-state index in [-0.39, 0.29) is 11.7 Å². The Morgan fingerprint density at radius 3 is 2.65 bits per heavy atom. The minimum atomic E-state index is -0.317. The van der Waals surface area contributed by atoms with E-state index in [2.05, 4.69) is 20.8 Å². The number of amides is 1. The van der Waals surface area contributed by atoms with Crippen molar-refractivity contribution in [3.05, 3.63) is 64.6 Å². The highest BCUT2D eigenvalue weighted by atomic mass is 35.5. The first-order valence-corrected chi connectivity index (χ1v) is 8.25. The normalized spacial score (nSPS) is 11.0. The molecule has 2 aromatic heterocycles. The van der Waals surface area contributed by atoms with Crippen molar-refractivity contribution >= 4 is 34.2 Å². The summed E-state index contributed by atoms with van der Waals surface area (Å²) in [5.74, 6) is -0.0473. The van der Waals surface area contributed by atoms with Gasteiger partial charge in [0.15, 0.2) is 5.76 Å². The third kappa shape index (κ3) is 2.82. The van der Waals surface area contributed by atoms with E-state index >= 15 is 0 Å². The van der Waals surface area contributed by atoms with Gasteiger partial charge < -0.3 is 9.73 Å². The fourth-order valence-corrected chi connectivity index (χ4v) is 2.89. The van der Waals surface area contributed by atoms with Gasteiger partial charge in [-0.1, -0.05) is 11.6 Å². The Hall–Kier alpha value is -3.19. The quantitative estimate of drug-likeness (QED) is 0.593. The van der Waals surface area contributed by atoms with Gasteiger partial charge in [0.1, 0.15) is 11.9 Å². The predicted molar refractivity (Wildman–Crippen MR) is 97.8 cm³/mol. The molecule has 2 aromatic carbocycles. The van der Waals surface area contributed by atoms with Crippen molar-refractivity contribution in [1.29, 1.82) is 0 Å². The van der Waals surface area contributed by atoms with E-state index in [0.29, 0.717) is 16.3 Å². The zero-order chi connectivity index (χ0) is 18.3. The summed E-state index contributed by atoms with van der Waals surface area (Å²) >= 11 is 6.18. The number of halogens is 1. The summed E-state index contributed by atoms with van der Waals surface area (Å²) in [6, 6.07) is 10.8. The molecule has 4 aromatic rings. The summed E-state index contributed by atoms with van der Waals surface area (Å²) in [5.41, 5.74) is 3.73. The second-order valence-electron chi connectivity index (χ2n) is 5.91. The van der Waals surface area contributed by atoms with E-state index in [9.17, 15) is 4.79 Å². The van der Waals surface area contributed by atoms with Gasteiger partial charge in [0.05, 0.1) is 5.69 Å². The Bertz CT molecular complexity index is 1100. The Morgan fingerprint density at radius 2 is 1.96 bits per heavy atom. The number of benzene rings is 2. The standard InChI is InChI=1S/C18H14ClN5O2/c1-10-7-16-14(8-15(10)19)11(2)17(26-16)18(25)21-12-3-5-13(6-4-12)24-9-20-22-23-24/h3-9H,1-2H3,(H,21,25). The fourth-order valence-electron chi connectivity index (χ4n) is 2.72. The van der Waals surface area contributed by atoms with Crippen LogP contribution in [0.5, 0.6) is 0 Å². The van der Waals surface area contributed by atoms with Crippen LogP contribution in [0.1, 0.15) is 21.7 Å². The summed E-state index contributed by atoms with van der Waals surface area (Å²) < 4.78 is 7.28. The summed E-state index contributed by atoms with van der Waals surface area (Å²) in [5, 5.41) is 15.3. The van der Waals surface area contributed by atoms with Crippen LogP contribution in [0.15, 0.2) is 47.1 Å². The number of tetrazole rings is 1. The smallest absolute Gasteiger partial charge is 0.291 e. The molecule has 7 nitrogen and oxygen atoms in total. The Labute approximate surface area is 153 Å². The first-order valence-electron chi connectivity index (χ1n) is 7.87. The Morgan fingerprint density at radius 1 is 1.19 bits per heavy atom. The fraction of sp³-hybridized carbons (Fsp3) is 0.111. The van der Waals surface area contributed by atoms with E-state index in [1.54, 1.807) is 24.3 Å². The van der Waals surface area contributed by atoms with E-state index in [1.807, 2.05) is 26.0 Å². The van der Waals surface area contributed by atoms with E-state index in [0.717, 1.165) is 22.2 Å². The number of carbonyl (C=O) groups excluding carboxylic acids is 1. The number of anilines is 1. The molecular formula is C18H14ClN5O2. The van der Waals surface area contributed by atoms with Crippen LogP contribution in [0.3, 0.4) is 0 Å². The number of rotatable bonds is 3. The van der Waals surface area contributed by atoms with Crippen LogP contribution in [-0.2, 0) is 0 Å². The molecule has 2 heterocycles. The lowest BCUT2D eigenvalue weighted by Gasteiger charge is -2.05. The minimum Gasteiger partial charge on any atom is -0.451 e. The molecule has 1 N–H and O–H groups in total.